The van der Waals surface area contributed by atoms with Gasteiger partial charge in [-0.3, -0.25) is 9.59 Å². The van der Waals surface area contributed by atoms with Gasteiger partial charge in [-0.15, -0.1) is 0 Å². The fourth-order valence-corrected chi connectivity index (χ4v) is 7.86. The first-order chi connectivity index (χ1) is 26.5. The third kappa shape index (κ3) is 8.99. The summed E-state index contributed by atoms with van der Waals surface area (Å²) in [7, 11) is 6.10. The van der Waals surface area contributed by atoms with Gasteiger partial charge in [0.25, 0.3) is 11.8 Å². The van der Waals surface area contributed by atoms with Gasteiger partial charge < -0.3 is 28.9 Å². The van der Waals surface area contributed by atoms with Crippen LogP contribution in [0.1, 0.15) is 101 Å². The third-order valence-electron chi connectivity index (χ3n) is 11.5. The van der Waals surface area contributed by atoms with Gasteiger partial charge in [-0.25, -0.2) is 4.79 Å². The van der Waals surface area contributed by atoms with E-state index in [0.717, 1.165) is 91.8 Å². The SMILES string of the molecule is CCCCN(CCCC)C(=O)c1cc(-c2cc3c(cc2C(=O)N2Cc4ccccc4C[C@H]2C)CN(C(=O)Oc2ccc(CCN(C)C)cc2)CC3)n(C)c1C. The minimum atomic E-state index is -0.401. The van der Waals surface area contributed by atoms with Gasteiger partial charge in [0.2, 0.25) is 0 Å². The lowest BCUT2D eigenvalue weighted by molar-refractivity contribution is 0.0658. The summed E-state index contributed by atoms with van der Waals surface area (Å²) in [6, 6.07) is 22.2. The number of benzene rings is 3. The van der Waals surface area contributed by atoms with Crippen LogP contribution in [0, 0.1) is 6.92 Å². The Labute approximate surface area is 327 Å². The van der Waals surface area contributed by atoms with Crippen LogP contribution in [0.3, 0.4) is 0 Å². The average Bonchev–Trinajstić information content (AvgIpc) is 3.48. The Morgan fingerprint density at radius 1 is 0.818 bits per heavy atom. The standard InChI is InChI=1S/C46H59N5O4/c1-8-10-22-49(23-11-9-2)44(52)40-29-43(48(7)33(40)4)41-27-36-21-25-50(46(54)55-39-18-16-34(17-19-39)20-24-47(5)6)30-38(36)28-42(41)45(53)51-31-37-15-13-12-14-35(37)26-32(51)3/h12-19,27-29,32H,8-11,20-26,30-31H2,1-7H3/t32-/m1/s1. The zero-order valence-electron chi connectivity index (χ0n) is 34.0. The topological polar surface area (TPSA) is 78.3 Å². The van der Waals surface area contributed by atoms with E-state index in [2.05, 4.69) is 68.6 Å². The largest absolute Gasteiger partial charge is 0.415 e. The fraction of sp³-hybridized carbons (Fsp3) is 0.457. The van der Waals surface area contributed by atoms with Crippen molar-refractivity contribution in [2.45, 2.75) is 91.8 Å². The van der Waals surface area contributed by atoms with Crippen LogP contribution >= 0.6 is 0 Å². The number of ether oxygens (including phenoxy) is 1. The van der Waals surface area contributed by atoms with E-state index in [1.165, 1.54) is 11.1 Å². The molecule has 0 saturated heterocycles. The second kappa shape index (κ2) is 17.7. The molecule has 292 valence electrons. The number of hydrogen-bond acceptors (Lipinski definition) is 5. The molecule has 0 spiro atoms. The maximum absolute atomic E-state index is 14.9. The van der Waals surface area contributed by atoms with Crippen LogP contribution in [0.15, 0.2) is 66.7 Å². The normalized spacial score (nSPS) is 15.2. The van der Waals surface area contributed by atoms with Gasteiger partial charge in [0.15, 0.2) is 0 Å². The Hall–Kier alpha value is -4.89. The van der Waals surface area contributed by atoms with Gasteiger partial charge in [-0.05, 0) is 118 Å². The van der Waals surface area contributed by atoms with Gasteiger partial charge in [0.1, 0.15) is 5.75 Å². The van der Waals surface area contributed by atoms with Crippen molar-refractivity contribution in [1.29, 1.82) is 0 Å². The van der Waals surface area contributed by atoms with Crippen LogP contribution in [0.2, 0.25) is 0 Å². The molecule has 9 nitrogen and oxygen atoms in total. The number of fused-ring (bicyclic) bond motifs is 2. The van der Waals surface area contributed by atoms with Crippen molar-refractivity contribution in [1.82, 2.24) is 24.2 Å². The molecule has 55 heavy (non-hydrogen) atoms. The molecule has 4 aromatic rings. The van der Waals surface area contributed by atoms with E-state index >= 15 is 0 Å². The summed E-state index contributed by atoms with van der Waals surface area (Å²) >= 11 is 0. The number of rotatable bonds is 13. The smallest absolute Gasteiger partial charge is 0.410 e. The predicted molar refractivity (Wildman–Crippen MR) is 220 cm³/mol. The zero-order valence-corrected chi connectivity index (χ0v) is 34.0. The van der Waals surface area contributed by atoms with Gasteiger partial charge in [0, 0.05) is 74.9 Å². The van der Waals surface area contributed by atoms with Gasteiger partial charge >= 0.3 is 6.09 Å². The first-order valence-electron chi connectivity index (χ1n) is 20.2. The Balaban J connectivity index is 1.33. The first-order valence-corrected chi connectivity index (χ1v) is 20.2. The van der Waals surface area contributed by atoms with Crippen molar-refractivity contribution in [3.63, 3.8) is 0 Å². The summed E-state index contributed by atoms with van der Waals surface area (Å²) in [6.45, 7) is 12.2. The van der Waals surface area contributed by atoms with E-state index in [1.54, 1.807) is 4.90 Å². The molecule has 0 radical (unpaired) electrons. The van der Waals surface area contributed by atoms with Crippen molar-refractivity contribution < 1.29 is 19.1 Å². The summed E-state index contributed by atoms with van der Waals surface area (Å²) < 4.78 is 7.91. The van der Waals surface area contributed by atoms with Crippen LogP contribution in [-0.4, -0.2) is 88.4 Å². The molecule has 6 rings (SSSR count). The molecule has 3 aromatic carbocycles. The number of carbonyl (C=O) groups excluding carboxylic acids is 3. The molecule has 3 amide bonds. The number of carbonyl (C=O) groups is 3. The molecular weight excluding hydrogens is 687 g/mol. The van der Waals surface area contributed by atoms with Gasteiger partial charge in [0.05, 0.1) is 5.56 Å². The number of aromatic nitrogens is 1. The molecule has 1 aromatic heterocycles. The lowest BCUT2D eigenvalue weighted by atomic mass is 9.90. The highest BCUT2D eigenvalue weighted by molar-refractivity contribution is 6.03. The summed E-state index contributed by atoms with van der Waals surface area (Å²) in [6.07, 6.45) is 5.90. The molecule has 1 atom stereocenters. The fourth-order valence-electron chi connectivity index (χ4n) is 7.86. The molecule has 0 N–H and O–H groups in total. The van der Waals surface area contributed by atoms with Crippen LogP contribution in [0.4, 0.5) is 4.79 Å². The second-order valence-corrected chi connectivity index (χ2v) is 15.7. The highest BCUT2D eigenvalue weighted by atomic mass is 16.6. The summed E-state index contributed by atoms with van der Waals surface area (Å²) in [5.41, 5.74) is 9.47. The monoisotopic (exact) mass is 745 g/mol. The third-order valence-corrected chi connectivity index (χ3v) is 11.5. The molecule has 3 heterocycles. The number of unbranched alkanes of at least 4 members (excludes halogenated alkanes) is 2. The lowest BCUT2D eigenvalue weighted by Crippen LogP contribution is -2.43. The Bertz CT molecular complexity index is 1990. The molecule has 0 unspecified atom stereocenters. The van der Waals surface area contributed by atoms with Crippen LogP contribution in [0.25, 0.3) is 11.3 Å². The highest BCUT2D eigenvalue weighted by Crippen LogP contribution is 2.36. The lowest BCUT2D eigenvalue weighted by Gasteiger charge is -2.36. The average molecular weight is 746 g/mol. The Kier molecular flexibility index (Phi) is 12.8. The van der Waals surface area contributed by atoms with Gasteiger partial charge in [-0.2, -0.15) is 0 Å². The predicted octanol–water partition coefficient (Wildman–Crippen LogP) is 8.29. The molecule has 9 heteroatoms. The van der Waals surface area contributed by atoms with E-state index in [0.29, 0.717) is 42.9 Å². The summed E-state index contributed by atoms with van der Waals surface area (Å²) in [4.78, 5) is 50.4. The van der Waals surface area contributed by atoms with Crippen LogP contribution < -0.4 is 4.74 Å². The first kappa shape index (κ1) is 39.8. The van der Waals surface area contributed by atoms with Crippen molar-refractivity contribution in [2.75, 3.05) is 40.3 Å². The molecule has 2 aliphatic heterocycles. The van der Waals surface area contributed by atoms with Crippen LogP contribution in [-0.2, 0) is 39.4 Å². The number of hydrogen-bond donors (Lipinski definition) is 0. The molecular formula is C46H59N5O4. The van der Waals surface area contributed by atoms with Crippen molar-refractivity contribution in [3.8, 4) is 17.0 Å². The van der Waals surface area contributed by atoms with Crippen molar-refractivity contribution >= 4 is 17.9 Å². The molecule has 0 bridgehead atoms. The molecule has 2 aliphatic rings. The Morgan fingerprint density at radius 3 is 2.18 bits per heavy atom. The number of nitrogens with zero attached hydrogens (tertiary/aromatic N) is 5. The highest BCUT2D eigenvalue weighted by Gasteiger charge is 2.33. The van der Waals surface area contributed by atoms with E-state index < -0.39 is 6.09 Å². The maximum atomic E-state index is 14.9. The van der Waals surface area contributed by atoms with E-state index in [9.17, 15) is 14.4 Å². The number of likely N-dealkylation sites (N-methyl/N-ethyl adjacent to an activating group) is 1. The maximum Gasteiger partial charge on any atom is 0.415 e. The van der Waals surface area contributed by atoms with E-state index in [4.69, 9.17) is 4.74 Å². The number of amides is 3. The Morgan fingerprint density at radius 2 is 1.51 bits per heavy atom. The second-order valence-electron chi connectivity index (χ2n) is 15.7. The van der Waals surface area contributed by atoms with Gasteiger partial charge in [-0.1, -0.05) is 63.1 Å². The summed E-state index contributed by atoms with van der Waals surface area (Å²) in [5.74, 6) is 0.515. The molecule has 0 aliphatic carbocycles. The zero-order chi connectivity index (χ0) is 39.2. The summed E-state index contributed by atoms with van der Waals surface area (Å²) in [5, 5.41) is 0. The van der Waals surface area contributed by atoms with E-state index in [1.807, 2.05) is 66.2 Å². The quantitative estimate of drug-likeness (QED) is 0.138. The van der Waals surface area contributed by atoms with Crippen molar-refractivity contribution in [2.24, 2.45) is 7.05 Å². The molecule has 0 fully saturated rings. The minimum absolute atomic E-state index is 0.00463. The van der Waals surface area contributed by atoms with E-state index in [-0.39, 0.29) is 17.9 Å². The molecule has 0 saturated carbocycles. The van der Waals surface area contributed by atoms with Crippen LogP contribution in [0.5, 0.6) is 5.75 Å². The minimum Gasteiger partial charge on any atom is -0.410 e. The van der Waals surface area contributed by atoms with Crippen molar-refractivity contribution in [3.05, 3.63) is 111 Å².